The molecule has 1 saturated heterocycles. The van der Waals surface area contributed by atoms with Crippen LogP contribution in [0.15, 0.2) is 18.2 Å². The lowest BCUT2D eigenvalue weighted by atomic mass is 10.1. The molecule has 19 heavy (non-hydrogen) atoms. The Labute approximate surface area is 119 Å². The summed E-state index contributed by atoms with van der Waals surface area (Å²) in [6.45, 7) is 7.94. The highest BCUT2D eigenvalue weighted by Gasteiger charge is 2.19. The Morgan fingerprint density at radius 3 is 3.00 bits per heavy atom. The number of anilines is 1. The zero-order valence-corrected chi connectivity index (χ0v) is 12.6. The monoisotopic (exact) mass is 282 g/mol. The quantitative estimate of drug-likeness (QED) is 0.835. The molecule has 4 heteroatoms. The lowest BCUT2D eigenvalue weighted by Gasteiger charge is -2.32. The minimum absolute atomic E-state index is 0.0881. The summed E-state index contributed by atoms with van der Waals surface area (Å²) < 4.78 is 14.2. The SMILES string of the molecule is CCCNCc1ccc(N2CCSC(C)C2)c(F)c1. The first-order chi connectivity index (χ1) is 9.20. The summed E-state index contributed by atoms with van der Waals surface area (Å²) in [7, 11) is 0. The van der Waals surface area contributed by atoms with Gasteiger partial charge in [0, 0.05) is 30.6 Å². The van der Waals surface area contributed by atoms with Crippen molar-refractivity contribution in [2.45, 2.75) is 32.1 Å². The molecular formula is C15H23FN2S. The van der Waals surface area contributed by atoms with Gasteiger partial charge in [0.15, 0.2) is 0 Å². The Morgan fingerprint density at radius 1 is 1.47 bits per heavy atom. The van der Waals surface area contributed by atoms with Crippen molar-refractivity contribution in [2.75, 3.05) is 30.3 Å². The van der Waals surface area contributed by atoms with Crippen molar-refractivity contribution < 1.29 is 4.39 Å². The molecule has 1 fully saturated rings. The molecule has 1 heterocycles. The van der Waals surface area contributed by atoms with Crippen molar-refractivity contribution in [3.63, 3.8) is 0 Å². The maximum Gasteiger partial charge on any atom is 0.146 e. The number of benzene rings is 1. The molecule has 0 spiro atoms. The third-order valence-electron chi connectivity index (χ3n) is 3.35. The Kier molecular flexibility index (Phi) is 5.52. The highest BCUT2D eigenvalue weighted by Crippen LogP contribution is 2.26. The molecule has 0 radical (unpaired) electrons. The standard InChI is InChI=1S/C15H23FN2S/c1-3-6-17-10-13-4-5-15(14(16)9-13)18-7-8-19-12(2)11-18/h4-5,9,12,17H,3,6-8,10-11H2,1-2H3. The van der Waals surface area contributed by atoms with Gasteiger partial charge < -0.3 is 10.2 Å². The van der Waals surface area contributed by atoms with Gasteiger partial charge >= 0.3 is 0 Å². The second-order valence-electron chi connectivity index (χ2n) is 5.09. The van der Waals surface area contributed by atoms with Crippen LogP contribution in [0.3, 0.4) is 0 Å². The molecule has 0 aromatic heterocycles. The number of nitrogens with zero attached hydrogens (tertiary/aromatic N) is 1. The Balaban J connectivity index is 2.02. The maximum atomic E-state index is 14.2. The fraction of sp³-hybridized carbons (Fsp3) is 0.600. The highest BCUT2D eigenvalue weighted by molar-refractivity contribution is 8.00. The van der Waals surface area contributed by atoms with Gasteiger partial charge in [0.25, 0.3) is 0 Å². The van der Waals surface area contributed by atoms with E-state index in [1.807, 2.05) is 23.9 Å². The fourth-order valence-electron chi connectivity index (χ4n) is 2.36. The first kappa shape index (κ1) is 14.7. The minimum Gasteiger partial charge on any atom is -0.367 e. The molecular weight excluding hydrogens is 259 g/mol. The molecule has 2 nitrogen and oxygen atoms in total. The molecule has 1 aromatic rings. The maximum absolute atomic E-state index is 14.2. The van der Waals surface area contributed by atoms with E-state index in [9.17, 15) is 4.39 Å². The summed E-state index contributed by atoms with van der Waals surface area (Å²) in [6, 6.07) is 5.64. The fourth-order valence-corrected chi connectivity index (χ4v) is 3.38. The van der Waals surface area contributed by atoms with Gasteiger partial charge in [-0.15, -0.1) is 0 Å². The van der Waals surface area contributed by atoms with Gasteiger partial charge in [-0.1, -0.05) is 19.9 Å². The molecule has 106 valence electrons. The lowest BCUT2D eigenvalue weighted by molar-refractivity contribution is 0.609. The smallest absolute Gasteiger partial charge is 0.146 e. The molecule has 1 N–H and O–H groups in total. The van der Waals surface area contributed by atoms with Crippen molar-refractivity contribution in [2.24, 2.45) is 0 Å². The summed E-state index contributed by atoms with van der Waals surface area (Å²) in [4.78, 5) is 2.17. The van der Waals surface area contributed by atoms with E-state index in [2.05, 4.69) is 24.1 Å². The zero-order chi connectivity index (χ0) is 13.7. The molecule has 1 aliphatic rings. The molecule has 0 saturated carbocycles. The summed E-state index contributed by atoms with van der Waals surface area (Å²) in [6.07, 6.45) is 1.10. The highest BCUT2D eigenvalue weighted by atomic mass is 32.2. The van der Waals surface area contributed by atoms with E-state index in [1.165, 1.54) is 0 Å². The topological polar surface area (TPSA) is 15.3 Å². The zero-order valence-electron chi connectivity index (χ0n) is 11.8. The number of hydrogen-bond donors (Lipinski definition) is 1. The van der Waals surface area contributed by atoms with Gasteiger partial charge in [0.05, 0.1) is 5.69 Å². The van der Waals surface area contributed by atoms with Gasteiger partial charge in [-0.25, -0.2) is 4.39 Å². The van der Waals surface area contributed by atoms with Crippen LogP contribution in [-0.2, 0) is 6.54 Å². The first-order valence-corrected chi connectivity index (χ1v) is 8.11. The van der Waals surface area contributed by atoms with Crippen LogP contribution in [-0.4, -0.2) is 30.6 Å². The molecule has 1 unspecified atom stereocenters. The summed E-state index contributed by atoms with van der Waals surface area (Å²) >= 11 is 1.96. The third-order valence-corrected chi connectivity index (χ3v) is 4.49. The van der Waals surface area contributed by atoms with Crippen LogP contribution in [0, 0.1) is 5.82 Å². The van der Waals surface area contributed by atoms with Crippen LogP contribution >= 0.6 is 11.8 Å². The number of halogens is 1. The van der Waals surface area contributed by atoms with E-state index >= 15 is 0 Å². The molecule has 0 aliphatic carbocycles. The van der Waals surface area contributed by atoms with Crippen molar-refractivity contribution in [3.8, 4) is 0 Å². The predicted octanol–water partition coefficient (Wildman–Crippen LogP) is 3.27. The van der Waals surface area contributed by atoms with Gasteiger partial charge in [-0.2, -0.15) is 11.8 Å². The largest absolute Gasteiger partial charge is 0.367 e. The first-order valence-electron chi connectivity index (χ1n) is 7.06. The molecule has 2 rings (SSSR count). The number of rotatable bonds is 5. The van der Waals surface area contributed by atoms with E-state index in [0.29, 0.717) is 5.25 Å². The van der Waals surface area contributed by atoms with Crippen LogP contribution in [0.2, 0.25) is 0 Å². The Bertz CT molecular complexity index is 411. The second kappa shape index (κ2) is 7.15. The second-order valence-corrected chi connectivity index (χ2v) is 6.64. The van der Waals surface area contributed by atoms with Gasteiger partial charge in [0.2, 0.25) is 0 Å². The molecule has 1 aromatic carbocycles. The van der Waals surface area contributed by atoms with Crippen molar-refractivity contribution in [1.82, 2.24) is 5.32 Å². The van der Waals surface area contributed by atoms with Gasteiger partial charge in [-0.3, -0.25) is 0 Å². The Morgan fingerprint density at radius 2 is 2.32 bits per heavy atom. The van der Waals surface area contributed by atoms with Crippen LogP contribution < -0.4 is 10.2 Å². The van der Waals surface area contributed by atoms with Crippen molar-refractivity contribution >= 4 is 17.4 Å². The van der Waals surface area contributed by atoms with Crippen molar-refractivity contribution in [1.29, 1.82) is 0 Å². The van der Waals surface area contributed by atoms with Gasteiger partial charge in [0.1, 0.15) is 5.82 Å². The van der Waals surface area contributed by atoms with E-state index < -0.39 is 0 Å². The van der Waals surface area contributed by atoms with Crippen LogP contribution in [0.25, 0.3) is 0 Å². The number of nitrogens with one attached hydrogen (secondary N) is 1. The third kappa shape index (κ3) is 4.11. The molecule has 0 bridgehead atoms. The average molecular weight is 282 g/mol. The number of hydrogen-bond acceptors (Lipinski definition) is 3. The van der Waals surface area contributed by atoms with E-state index in [-0.39, 0.29) is 5.82 Å². The van der Waals surface area contributed by atoms with E-state index in [4.69, 9.17) is 0 Å². The molecule has 1 aliphatic heterocycles. The summed E-state index contributed by atoms with van der Waals surface area (Å²) in [5.74, 6) is 0.996. The predicted molar refractivity (Wildman–Crippen MR) is 82.5 cm³/mol. The molecule has 1 atom stereocenters. The van der Waals surface area contributed by atoms with Crippen molar-refractivity contribution in [3.05, 3.63) is 29.6 Å². The number of thioether (sulfide) groups is 1. The van der Waals surface area contributed by atoms with Crippen LogP contribution in [0.4, 0.5) is 10.1 Å². The Hall–Kier alpha value is -0.740. The lowest BCUT2D eigenvalue weighted by Crippen LogP contribution is -2.37. The van der Waals surface area contributed by atoms with E-state index in [0.717, 1.165) is 49.6 Å². The summed E-state index contributed by atoms with van der Waals surface area (Å²) in [5, 5.41) is 3.88. The van der Waals surface area contributed by atoms with Gasteiger partial charge in [-0.05, 0) is 30.7 Å². The van der Waals surface area contributed by atoms with Crippen LogP contribution in [0.1, 0.15) is 25.8 Å². The van der Waals surface area contributed by atoms with Crippen LogP contribution in [0.5, 0.6) is 0 Å². The normalized spacial score (nSPS) is 19.7. The molecule has 0 amide bonds. The minimum atomic E-state index is -0.0881. The summed E-state index contributed by atoms with van der Waals surface area (Å²) in [5.41, 5.74) is 1.78. The van der Waals surface area contributed by atoms with E-state index in [1.54, 1.807) is 6.07 Å². The average Bonchev–Trinajstić information content (AvgIpc) is 2.39.